The lowest BCUT2D eigenvalue weighted by atomic mass is 9.96. The summed E-state index contributed by atoms with van der Waals surface area (Å²) in [7, 11) is 0. The molecule has 2 heterocycles. The van der Waals surface area contributed by atoms with Gasteiger partial charge in [-0.2, -0.15) is 0 Å². The smallest absolute Gasteiger partial charge is 0.200 e. The molecule has 0 radical (unpaired) electrons. The Labute approximate surface area is 236 Å². The minimum atomic E-state index is -0.0323. The Hall–Kier alpha value is -5.61. The SMILES string of the molecule is O=c1c2ccccc2oc2cc(N3c4ccccc4-c4ccccc4Oc4ccccc4-c4ccccc43)ccc12. The van der Waals surface area contributed by atoms with Gasteiger partial charge < -0.3 is 14.1 Å². The predicted molar refractivity (Wildman–Crippen MR) is 166 cm³/mol. The van der Waals surface area contributed by atoms with Crippen LogP contribution < -0.4 is 15.1 Å². The lowest BCUT2D eigenvalue weighted by Gasteiger charge is -2.31. The molecule has 0 spiro atoms. The van der Waals surface area contributed by atoms with Gasteiger partial charge in [-0.05, 0) is 48.5 Å². The van der Waals surface area contributed by atoms with Crippen molar-refractivity contribution in [2.45, 2.75) is 0 Å². The van der Waals surface area contributed by atoms with Crippen molar-refractivity contribution in [3.05, 3.63) is 150 Å². The second-order valence-electron chi connectivity index (χ2n) is 10.1. The van der Waals surface area contributed by atoms with Crippen molar-refractivity contribution in [1.29, 1.82) is 0 Å². The van der Waals surface area contributed by atoms with E-state index in [1.165, 1.54) is 0 Å². The highest BCUT2D eigenvalue weighted by molar-refractivity contribution is 5.98. The highest BCUT2D eigenvalue weighted by Crippen LogP contribution is 2.50. The molecule has 0 aliphatic carbocycles. The van der Waals surface area contributed by atoms with Crippen molar-refractivity contribution in [2.75, 3.05) is 4.90 Å². The normalized spacial score (nSPS) is 12.1. The Morgan fingerprint density at radius 3 is 1.63 bits per heavy atom. The van der Waals surface area contributed by atoms with E-state index in [-0.39, 0.29) is 5.43 Å². The largest absolute Gasteiger partial charge is 0.456 e. The van der Waals surface area contributed by atoms with E-state index in [2.05, 4.69) is 41.3 Å². The predicted octanol–water partition coefficient (Wildman–Crippen LogP) is 9.86. The van der Waals surface area contributed by atoms with Crippen LogP contribution in [0, 0.1) is 0 Å². The third-order valence-electron chi connectivity index (χ3n) is 7.68. The fourth-order valence-corrected chi connectivity index (χ4v) is 5.80. The molecule has 4 nitrogen and oxygen atoms in total. The van der Waals surface area contributed by atoms with Crippen molar-refractivity contribution < 1.29 is 9.15 Å². The molecule has 1 aromatic heterocycles. The van der Waals surface area contributed by atoms with Crippen LogP contribution in [0.1, 0.15) is 0 Å². The topological polar surface area (TPSA) is 42.7 Å². The first kappa shape index (κ1) is 23.3. The molecule has 0 saturated carbocycles. The van der Waals surface area contributed by atoms with Crippen LogP contribution in [0.2, 0.25) is 0 Å². The summed E-state index contributed by atoms with van der Waals surface area (Å²) in [5.74, 6) is 1.56. The molecule has 1 aliphatic heterocycles. The van der Waals surface area contributed by atoms with Gasteiger partial charge in [0.1, 0.15) is 22.7 Å². The Kier molecular flexibility index (Phi) is 5.25. The van der Waals surface area contributed by atoms with E-state index in [0.29, 0.717) is 21.9 Å². The fraction of sp³-hybridized carbons (Fsp3) is 0. The molecule has 1 aliphatic rings. The molecule has 8 rings (SSSR count). The first-order chi connectivity index (χ1) is 20.3. The zero-order chi connectivity index (χ0) is 27.3. The average Bonchev–Trinajstić information content (AvgIpc) is 3.02. The molecule has 4 heteroatoms. The van der Waals surface area contributed by atoms with Gasteiger partial charge in [-0.25, -0.2) is 0 Å². The summed E-state index contributed by atoms with van der Waals surface area (Å²) in [5, 5.41) is 1.13. The number of anilines is 3. The number of rotatable bonds is 1. The van der Waals surface area contributed by atoms with Crippen LogP contribution >= 0.6 is 0 Å². The Morgan fingerprint density at radius 2 is 0.976 bits per heavy atom. The Morgan fingerprint density at radius 1 is 0.463 bits per heavy atom. The van der Waals surface area contributed by atoms with Crippen LogP contribution in [-0.4, -0.2) is 0 Å². The minimum absolute atomic E-state index is 0.0323. The van der Waals surface area contributed by atoms with Gasteiger partial charge in [0.25, 0.3) is 0 Å². The van der Waals surface area contributed by atoms with Gasteiger partial charge in [-0.1, -0.05) is 84.9 Å². The quantitative estimate of drug-likeness (QED) is 0.199. The first-order valence-electron chi connectivity index (χ1n) is 13.6. The number of hydrogen-bond acceptors (Lipinski definition) is 4. The van der Waals surface area contributed by atoms with E-state index in [1.54, 1.807) is 0 Å². The maximum absolute atomic E-state index is 13.3. The van der Waals surface area contributed by atoms with Gasteiger partial charge in [0.2, 0.25) is 5.43 Å². The summed E-state index contributed by atoms with van der Waals surface area (Å²) >= 11 is 0. The Bertz CT molecular complexity index is 2090. The molecule has 0 N–H and O–H groups in total. The van der Waals surface area contributed by atoms with Crippen LogP contribution in [0.25, 0.3) is 44.2 Å². The van der Waals surface area contributed by atoms with Crippen LogP contribution in [0.15, 0.2) is 149 Å². The van der Waals surface area contributed by atoms with Crippen molar-refractivity contribution in [3.63, 3.8) is 0 Å². The molecular formula is C37H23NO3. The van der Waals surface area contributed by atoms with E-state index >= 15 is 0 Å². The second-order valence-corrected chi connectivity index (χ2v) is 10.1. The van der Waals surface area contributed by atoms with E-state index in [4.69, 9.17) is 9.15 Å². The van der Waals surface area contributed by atoms with Crippen molar-refractivity contribution in [3.8, 4) is 33.8 Å². The number of fused-ring (bicyclic) bond motifs is 8. The highest BCUT2D eigenvalue weighted by atomic mass is 16.5. The molecule has 0 saturated heterocycles. The van der Waals surface area contributed by atoms with Gasteiger partial charge in [0, 0.05) is 34.0 Å². The zero-order valence-corrected chi connectivity index (χ0v) is 22.0. The molecule has 0 unspecified atom stereocenters. The molecule has 194 valence electrons. The summed E-state index contributed by atoms with van der Waals surface area (Å²) in [5.41, 5.74) is 7.96. The van der Waals surface area contributed by atoms with Crippen molar-refractivity contribution in [2.24, 2.45) is 0 Å². The standard InChI is InChI=1S/C37H23NO3/c39-37-29-15-5-10-20-35(29)41-36-23-24(21-22-30(36)37)38-31-16-6-1-11-25(31)27-13-3-8-18-33(27)40-34-19-9-4-14-28(34)26-12-2-7-17-32(26)38/h1-23H. The number of ether oxygens (including phenoxy) is 1. The Balaban J connectivity index is 1.48. The van der Waals surface area contributed by atoms with Gasteiger partial charge >= 0.3 is 0 Å². The first-order valence-corrected chi connectivity index (χ1v) is 13.6. The van der Waals surface area contributed by atoms with E-state index in [1.807, 2.05) is 103 Å². The van der Waals surface area contributed by atoms with Crippen molar-refractivity contribution >= 4 is 39.0 Å². The highest BCUT2D eigenvalue weighted by Gasteiger charge is 2.25. The van der Waals surface area contributed by atoms with Crippen LogP contribution in [0.5, 0.6) is 11.5 Å². The van der Waals surface area contributed by atoms with Gasteiger partial charge in [0.15, 0.2) is 0 Å². The minimum Gasteiger partial charge on any atom is -0.456 e. The number of nitrogens with zero attached hydrogens (tertiary/aromatic N) is 1. The van der Waals surface area contributed by atoms with E-state index in [0.717, 1.165) is 50.8 Å². The van der Waals surface area contributed by atoms with Crippen LogP contribution in [0.4, 0.5) is 17.1 Å². The maximum Gasteiger partial charge on any atom is 0.200 e. The van der Waals surface area contributed by atoms with Gasteiger partial charge in [0.05, 0.1) is 22.1 Å². The van der Waals surface area contributed by atoms with E-state index in [9.17, 15) is 4.79 Å². The van der Waals surface area contributed by atoms with Crippen LogP contribution in [-0.2, 0) is 0 Å². The van der Waals surface area contributed by atoms with Gasteiger partial charge in [-0.15, -0.1) is 0 Å². The number of para-hydroxylation sites is 5. The molecule has 41 heavy (non-hydrogen) atoms. The maximum atomic E-state index is 13.3. The van der Waals surface area contributed by atoms with Crippen LogP contribution in [0.3, 0.4) is 0 Å². The molecule has 0 amide bonds. The zero-order valence-electron chi connectivity index (χ0n) is 22.0. The molecule has 0 fully saturated rings. The summed E-state index contributed by atoms with van der Waals surface area (Å²) in [6.07, 6.45) is 0. The fourth-order valence-electron chi connectivity index (χ4n) is 5.80. The third-order valence-corrected chi connectivity index (χ3v) is 7.68. The van der Waals surface area contributed by atoms with E-state index < -0.39 is 0 Å². The molecule has 7 aromatic rings. The summed E-state index contributed by atoms with van der Waals surface area (Å²) in [6, 6.07) is 46.2. The molecule has 6 aromatic carbocycles. The van der Waals surface area contributed by atoms with Gasteiger partial charge in [-0.3, -0.25) is 4.79 Å². The lowest BCUT2D eigenvalue weighted by Crippen LogP contribution is -2.13. The monoisotopic (exact) mass is 529 g/mol. The number of hydrogen-bond donors (Lipinski definition) is 0. The molecular weight excluding hydrogens is 506 g/mol. The summed E-state index contributed by atoms with van der Waals surface area (Å²) in [4.78, 5) is 15.6. The third kappa shape index (κ3) is 3.73. The number of benzene rings is 6. The lowest BCUT2D eigenvalue weighted by molar-refractivity contribution is 0.486. The molecule has 0 atom stereocenters. The average molecular weight is 530 g/mol. The summed E-state index contributed by atoms with van der Waals surface area (Å²) in [6.45, 7) is 0. The second kappa shape index (κ2) is 9.25. The van der Waals surface area contributed by atoms with Crippen molar-refractivity contribution in [1.82, 2.24) is 0 Å². The molecule has 0 bridgehead atoms. The summed E-state index contributed by atoms with van der Waals surface area (Å²) < 4.78 is 12.9.